The average molecular weight is 147 g/mol. The first-order valence-corrected chi connectivity index (χ1v) is 3.28. The number of aromatic nitrogens is 1. The number of pyridine rings is 1. The normalized spacial score (nSPS) is 8.73. The van der Waals surface area contributed by atoms with Crippen LogP contribution in [0.2, 0.25) is 0 Å². The van der Waals surface area contributed by atoms with Crippen molar-refractivity contribution < 1.29 is 4.74 Å². The van der Waals surface area contributed by atoms with Crippen LogP contribution in [0.4, 0.5) is 0 Å². The Hall–Kier alpha value is -1.56. The molecule has 0 N–H and O–H groups in total. The molecule has 55 valence electrons. The van der Waals surface area contributed by atoms with Crippen molar-refractivity contribution >= 4 is 0 Å². The quantitative estimate of drug-likeness (QED) is 0.630. The van der Waals surface area contributed by atoms with Gasteiger partial charge in [0.25, 0.3) is 0 Å². The molecule has 0 amide bonds. The lowest BCUT2D eigenvalue weighted by molar-refractivity contribution is 0.326. The molecule has 0 aliphatic heterocycles. The van der Waals surface area contributed by atoms with E-state index in [0.717, 1.165) is 0 Å². The summed E-state index contributed by atoms with van der Waals surface area (Å²) in [5.74, 6) is 0.506. The molecule has 1 aromatic heterocycles. The van der Waals surface area contributed by atoms with E-state index in [4.69, 9.17) is 10.00 Å². The van der Waals surface area contributed by atoms with E-state index in [2.05, 4.69) is 11.2 Å². The predicted molar refractivity (Wildman–Crippen MR) is 39.0 cm³/mol. The van der Waals surface area contributed by atoms with E-state index in [1.165, 1.54) is 0 Å². The molecule has 0 atom stereocenters. The molecule has 0 aliphatic carbocycles. The van der Waals surface area contributed by atoms with Crippen LogP contribution in [0.5, 0.6) is 5.88 Å². The van der Waals surface area contributed by atoms with Crippen molar-refractivity contribution in [1.29, 1.82) is 5.26 Å². The molecule has 0 saturated heterocycles. The van der Waals surface area contributed by atoms with Crippen molar-refractivity contribution in [2.45, 2.75) is 6.92 Å². The highest BCUT2D eigenvalue weighted by Gasteiger charge is 1.93. The summed E-state index contributed by atoms with van der Waals surface area (Å²) in [6.07, 6.45) is 2.54. The second kappa shape index (κ2) is 3.57. The van der Waals surface area contributed by atoms with Crippen LogP contribution in [0.3, 0.4) is 0 Å². The Kier molecular flexibility index (Phi) is 2.45. The summed E-state index contributed by atoms with van der Waals surface area (Å²) in [5, 5.41) is 8.40. The van der Waals surface area contributed by atoms with Crippen molar-refractivity contribution in [1.82, 2.24) is 4.98 Å². The lowest BCUT2D eigenvalue weighted by atomic mass is 10.3. The van der Waals surface area contributed by atoms with Gasteiger partial charge in [0.2, 0.25) is 5.88 Å². The standard InChI is InChI=1S/C8H7N2O/c1-2-11-8-4-3-7(5-9)6-10-8/h3-4H,2H2,1H3. The second-order valence-electron chi connectivity index (χ2n) is 1.85. The second-order valence-corrected chi connectivity index (χ2v) is 1.85. The Labute approximate surface area is 65.3 Å². The van der Waals surface area contributed by atoms with Gasteiger partial charge in [-0.15, -0.1) is 0 Å². The molecule has 3 nitrogen and oxygen atoms in total. The Morgan fingerprint density at radius 1 is 1.73 bits per heavy atom. The van der Waals surface area contributed by atoms with E-state index in [9.17, 15) is 0 Å². The fraction of sp³-hybridized carbons (Fsp3) is 0.250. The number of hydrogen-bond acceptors (Lipinski definition) is 3. The Bertz CT molecular complexity index is 260. The SMILES string of the molecule is CCOc1ccc(C#N)[c]n1. The zero-order chi connectivity index (χ0) is 8.10. The Morgan fingerprint density at radius 3 is 3.00 bits per heavy atom. The molecule has 1 radical (unpaired) electrons. The molecule has 0 unspecified atom stereocenters. The zero-order valence-electron chi connectivity index (χ0n) is 6.16. The summed E-state index contributed by atoms with van der Waals surface area (Å²) >= 11 is 0. The zero-order valence-corrected chi connectivity index (χ0v) is 6.16. The summed E-state index contributed by atoms with van der Waals surface area (Å²) in [4.78, 5) is 3.77. The summed E-state index contributed by atoms with van der Waals surface area (Å²) in [6, 6.07) is 5.20. The molecular weight excluding hydrogens is 140 g/mol. The summed E-state index contributed by atoms with van der Waals surface area (Å²) in [5.41, 5.74) is 0.424. The number of nitrogens with zero attached hydrogens (tertiary/aromatic N) is 2. The summed E-state index contributed by atoms with van der Waals surface area (Å²) in [7, 11) is 0. The molecule has 1 aromatic rings. The molecular formula is C8H7N2O. The minimum atomic E-state index is 0.424. The van der Waals surface area contributed by atoms with Crippen LogP contribution in [-0.4, -0.2) is 11.6 Å². The molecule has 3 heteroatoms. The van der Waals surface area contributed by atoms with E-state index in [1.54, 1.807) is 12.1 Å². The molecule has 11 heavy (non-hydrogen) atoms. The Morgan fingerprint density at radius 2 is 2.55 bits per heavy atom. The summed E-state index contributed by atoms with van der Waals surface area (Å²) in [6.45, 7) is 2.45. The van der Waals surface area contributed by atoms with E-state index in [-0.39, 0.29) is 0 Å². The van der Waals surface area contributed by atoms with E-state index in [1.807, 2.05) is 13.0 Å². The fourth-order valence-corrected chi connectivity index (χ4v) is 0.635. The van der Waals surface area contributed by atoms with Gasteiger partial charge in [0.1, 0.15) is 12.3 Å². The lowest BCUT2D eigenvalue weighted by Crippen LogP contribution is -1.93. The van der Waals surface area contributed by atoms with Crippen LogP contribution in [0.25, 0.3) is 0 Å². The van der Waals surface area contributed by atoms with Gasteiger partial charge in [-0.2, -0.15) is 5.26 Å². The van der Waals surface area contributed by atoms with Gasteiger partial charge in [-0.25, -0.2) is 4.98 Å². The number of hydrogen-bond donors (Lipinski definition) is 0. The summed E-state index contributed by atoms with van der Waals surface area (Å²) < 4.78 is 5.05. The fourth-order valence-electron chi connectivity index (χ4n) is 0.635. The van der Waals surface area contributed by atoms with Gasteiger partial charge < -0.3 is 4.74 Å². The third kappa shape index (κ3) is 1.94. The van der Waals surface area contributed by atoms with Crippen LogP contribution >= 0.6 is 0 Å². The van der Waals surface area contributed by atoms with Crippen molar-refractivity contribution in [3.8, 4) is 11.9 Å². The van der Waals surface area contributed by atoms with Gasteiger partial charge in [-0.1, -0.05) is 0 Å². The smallest absolute Gasteiger partial charge is 0.213 e. The van der Waals surface area contributed by atoms with E-state index < -0.39 is 0 Å². The maximum atomic E-state index is 8.40. The van der Waals surface area contributed by atoms with Gasteiger partial charge >= 0.3 is 0 Å². The molecule has 0 fully saturated rings. The molecule has 0 aromatic carbocycles. The number of nitriles is 1. The molecule has 0 spiro atoms. The highest BCUT2D eigenvalue weighted by Crippen LogP contribution is 2.05. The number of ether oxygens (including phenoxy) is 1. The first kappa shape index (κ1) is 7.55. The predicted octanol–water partition coefficient (Wildman–Crippen LogP) is 1.15. The third-order valence-electron chi connectivity index (χ3n) is 1.09. The first-order valence-electron chi connectivity index (χ1n) is 3.28. The topological polar surface area (TPSA) is 45.9 Å². The highest BCUT2D eigenvalue weighted by molar-refractivity contribution is 5.27. The van der Waals surface area contributed by atoms with Gasteiger partial charge in [-0.05, 0) is 13.0 Å². The number of rotatable bonds is 2. The van der Waals surface area contributed by atoms with E-state index in [0.29, 0.717) is 18.1 Å². The maximum Gasteiger partial charge on any atom is 0.213 e. The largest absolute Gasteiger partial charge is 0.478 e. The van der Waals surface area contributed by atoms with Crippen LogP contribution in [-0.2, 0) is 0 Å². The van der Waals surface area contributed by atoms with E-state index >= 15 is 0 Å². The van der Waals surface area contributed by atoms with Crippen molar-refractivity contribution in [3.05, 3.63) is 23.9 Å². The van der Waals surface area contributed by atoms with Gasteiger partial charge in [-0.3, -0.25) is 0 Å². The van der Waals surface area contributed by atoms with Crippen LogP contribution < -0.4 is 4.74 Å². The molecule has 0 bridgehead atoms. The molecule has 0 saturated carbocycles. The van der Waals surface area contributed by atoms with Crippen molar-refractivity contribution in [2.24, 2.45) is 0 Å². The first-order chi connectivity index (χ1) is 5.36. The minimum absolute atomic E-state index is 0.424. The lowest BCUT2D eigenvalue weighted by Gasteiger charge is -1.98. The van der Waals surface area contributed by atoms with Gasteiger partial charge in [0.15, 0.2) is 0 Å². The third-order valence-corrected chi connectivity index (χ3v) is 1.09. The molecule has 1 rings (SSSR count). The maximum absolute atomic E-state index is 8.40. The highest BCUT2D eigenvalue weighted by atomic mass is 16.5. The van der Waals surface area contributed by atoms with Gasteiger partial charge in [0, 0.05) is 6.07 Å². The van der Waals surface area contributed by atoms with Crippen molar-refractivity contribution in [2.75, 3.05) is 6.61 Å². The molecule has 0 aliphatic rings. The van der Waals surface area contributed by atoms with Gasteiger partial charge in [0.05, 0.1) is 12.2 Å². The average Bonchev–Trinajstić information content (AvgIpc) is 2.07. The van der Waals surface area contributed by atoms with Crippen LogP contribution in [0.15, 0.2) is 12.1 Å². The minimum Gasteiger partial charge on any atom is -0.478 e. The Balaban J connectivity index is 2.76. The van der Waals surface area contributed by atoms with Crippen LogP contribution in [0, 0.1) is 17.5 Å². The van der Waals surface area contributed by atoms with Crippen molar-refractivity contribution in [3.63, 3.8) is 0 Å². The molecule has 1 heterocycles. The monoisotopic (exact) mass is 147 g/mol. The van der Waals surface area contributed by atoms with Crippen LogP contribution in [0.1, 0.15) is 12.5 Å².